The van der Waals surface area contributed by atoms with E-state index < -0.39 is 0 Å². The van der Waals surface area contributed by atoms with Crippen molar-refractivity contribution >= 4 is 39.4 Å². The van der Waals surface area contributed by atoms with E-state index in [1.165, 1.54) is 5.56 Å². The van der Waals surface area contributed by atoms with Gasteiger partial charge in [0.2, 0.25) is 0 Å². The van der Waals surface area contributed by atoms with Crippen molar-refractivity contribution in [1.29, 1.82) is 0 Å². The smallest absolute Gasteiger partial charge is 0.164 e. The highest BCUT2D eigenvalue weighted by Crippen LogP contribution is 2.37. The number of benzene rings is 2. The van der Waals surface area contributed by atoms with Crippen LogP contribution in [0.4, 0.5) is 5.82 Å². The molecule has 2 fully saturated rings. The fourth-order valence-corrected chi connectivity index (χ4v) is 6.59. The van der Waals surface area contributed by atoms with Gasteiger partial charge in [0, 0.05) is 53.4 Å². The number of anilines is 1. The molecule has 2 aliphatic rings. The Balaban J connectivity index is 1.19. The van der Waals surface area contributed by atoms with Gasteiger partial charge in [-0.25, -0.2) is 14.6 Å². The average molecular weight is 542 g/mol. The number of ether oxygens (including phenoxy) is 1. The number of morpholine rings is 1. The predicted molar refractivity (Wildman–Crippen MR) is 155 cm³/mol. The van der Waals surface area contributed by atoms with Gasteiger partial charge in [-0.2, -0.15) is 5.10 Å². The third-order valence-electron chi connectivity index (χ3n) is 8.38. The highest BCUT2D eigenvalue weighted by atomic mass is 35.5. The van der Waals surface area contributed by atoms with E-state index in [-0.39, 0.29) is 0 Å². The Morgan fingerprint density at radius 1 is 0.949 bits per heavy atom. The summed E-state index contributed by atoms with van der Waals surface area (Å²) in [7, 11) is 0. The first-order valence-electron chi connectivity index (χ1n) is 13.8. The molecule has 1 saturated carbocycles. The topological polar surface area (TPSA) is 87.0 Å². The van der Waals surface area contributed by atoms with Gasteiger partial charge >= 0.3 is 0 Å². The maximum Gasteiger partial charge on any atom is 0.164 e. The minimum Gasteiger partial charge on any atom is -0.383 e. The summed E-state index contributed by atoms with van der Waals surface area (Å²) in [5.41, 5.74) is 11.5. The molecule has 0 spiro atoms. The van der Waals surface area contributed by atoms with Crippen LogP contribution in [0.15, 0.2) is 61.1 Å². The lowest BCUT2D eigenvalue weighted by Gasteiger charge is -2.38. The molecule has 0 atom stereocenters. The van der Waals surface area contributed by atoms with Crippen LogP contribution >= 0.6 is 11.6 Å². The summed E-state index contributed by atoms with van der Waals surface area (Å²) in [5, 5.41) is 7.89. The molecule has 0 bridgehead atoms. The summed E-state index contributed by atoms with van der Waals surface area (Å²) < 4.78 is 9.92. The number of aromatic nitrogens is 5. The van der Waals surface area contributed by atoms with Gasteiger partial charge in [-0.05, 0) is 61.6 Å². The first-order valence-corrected chi connectivity index (χ1v) is 14.2. The summed E-state index contributed by atoms with van der Waals surface area (Å²) in [4.78, 5) is 11.6. The molecule has 9 heteroatoms. The lowest BCUT2D eigenvalue weighted by atomic mass is 9.90. The molecule has 1 saturated heterocycles. The fourth-order valence-electron chi connectivity index (χ4n) is 6.38. The van der Waals surface area contributed by atoms with Gasteiger partial charge in [-0.1, -0.05) is 29.8 Å². The molecule has 2 N–H and O–H groups in total. The summed E-state index contributed by atoms with van der Waals surface area (Å²) >= 11 is 6.21. The van der Waals surface area contributed by atoms with Crippen molar-refractivity contribution in [3.05, 3.63) is 71.6 Å². The van der Waals surface area contributed by atoms with Crippen LogP contribution in [-0.2, 0) is 11.3 Å². The van der Waals surface area contributed by atoms with E-state index in [1.807, 2.05) is 18.2 Å². The van der Waals surface area contributed by atoms with Crippen LogP contribution in [0.1, 0.15) is 37.3 Å². The molecule has 200 valence electrons. The zero-order valence-corrected chi connectivity index (χ0v) is 22.6. The molecule has 5 aromatic rings. The van der Waals surface area contributed by atoms with Gasteiger partial charge in [0.15, 0.2) is 5.65 Å². The zero-order valence-electron chi connectivity index (χ0n) is 21.8. The second-order valence-electron chi connectivity index (χ2n) is 10.7. The number of fused-ring (bicyclic) bond motifs is 2. The Morgan fingerprint density at radius 3 is 2.59 bits per heavy atom. The van der Waals surface area contributed by atoms with Gasteiger partial charge in [0.05, 0.1) is 24.6 Å². The van der Waals surface area contributed by atoms with Crippen molar-refractivity contribution < 1.29 is 4.74 Å². The molecule has 1 aliphatic heterocycles. The maximum absolute atomic E-state index is 6.43. The van der Waals surface area contributed by atoms with Crippen molar-refractivity contribution in [3.63, 3.8) is 0 Å². The van der Waals surface area contributed by atoms with Crippen molar-refractivity contribution in [1.82, 2.24) is 29.2 Å². The first kappa shape index (κ1) is 24.6. The summed E-state index contributed by atoms with van der Waals surface area (Å²) in [6.07, 6.45) is 8.15. The lowest BCUT2D eigenvalue weighted by Crippen LogP contribution is -2.45. The number of halogens is 1. The van der Waals surface area contributed by atoms with Crippen LogP contribution in [0, 0.1) is 0 Å². The molecular weight excluding hydrogens is 510 g/mol. The highest BCUT2D eigenvalue weighted by molar-refractivity contribution is 6.30. The largest absolute Gasteiger partial charge is 0.383 e. The molecule has 7 rings (SSSR count). The van der Waals surface area contributed by atoms with E-state index in [9.17, 15) is 0 Å². The average Bonchev–Trinajstić information content (AvgIpc) is 3.56. The Kier molecular flexibility index (Phi) is 6.46. The Labute approximate surface area is 232 Å². The number of rotatable bonds is 5. The summed E-state index contributed by atoms with van der Waals surface area (Å²) in [5.74, 6) is 0.474. The molecular formula is C30H32ClN7O. The number of nitrogens with zero attached hydrogens (tertiary/aromatic N) is 6. The quantitative estimate of drug-likeness (QED) is 0.314. The summed E-state index contributed by atoms with van der Waals surface area (Å²) in [6, 6.07) is 17.6. The van der Waals surface area contributed by atoms with E-state index in [2.05, 4.69) is 60.6 Å². The number of nitrogen functional groups attached to an aromatic ring is 1. The second kappa shape index (κ2) is 10.3. The van der Waals surface area contributed by atoms with Crippen LogP contribution in [0.3, 0.4) is 0 Å². The van der Waals surface area contributed by atoms with Crippen molar-refractivity contribution in [2.24, 2.45) is 0 Å². The van der Waals surface area contributed by atoms with E-state index in [0.717, 1.165) is 96.7 Å². The van der Waals surface area contributed by atoms with Crippen LogP contribution < -0.4 is 5.73 Å². The molecule has 4 heterocycles. The van der Waals surface area contributed by atoms with Gasteiger partial charge in [-0.15, -0.1) is 0 Å². The molecule has 0 amide bonds. The third kappa shape index (κ3) is 4.67. The van der Waals surface area contributed by atoms with E-state index in [1.54, 1.807) is 6.33 Å². The van der Waals surface area contributed by atoms with Gasteiger partial charge < -0.3 is 15.0 Å². The molecule has 0 radical (unpaired) electrons. The zero-order chi connectivity index (χ0) is 26.3. The number of hydrogen-bond donors (Lipinski definition) is 1. The molecule has 1 aliphatic carbocycles. The lowest BCUT2D eigenvalue weighted by molar-refractivity contribution is 0.00520. The third-order valence-corrected chi connectivity index (χ3v) is 8.61. The van der Waals surface area contributed by atoms with Crippen molar-refractivity contribution in [2.75, 3.05) is 32.0 Å². The van der Waals surface area contributed by atoms with Gasteiger partial charge in [0.25, 0.3) is 0 Å². The Bertz CT molecular complexity index is 1630. The first-order chi connectivity index (χ1) is 19.1. The fraction of sp³-hybridized carbons (Fsp3) is 0.367. The Morgan fingerprint density at radius 2 is 1.77 bits per heavy atom. The molecule has 3 aromatic heterocycles. The van der Waals surface area contributed by atoms with E-state index >= 15 is 0 Å². The minimum absolute atomic E-state index is 0.301. The molecule has 0 unspecified atom stereocenters. The SMILES string of the molecule is Nc1ncnc2c1c(-c1ccc3c(ccn3Cc3cccc(Cl)c3)c1)nn2C1CCC(N2CCOCC2)CC1. The minimum atomic E-state index is 0.301. The predicted octanol–water partition coefficient (Wildman–Crippen LogP) is 5.55. The number of nitrogens with two attached hydrogens (primary N) is 1. The van der Waals surface area contributed by atoms with Crippen molar-refractivity contribution in [2.45, 2.75) is 44.3 Å². The second-order valence-corrected chi connectivity index (χ2v) is 11.1. The monoisotopic (exact) mass is 541 g/mol. The normalized spacial score (nSPS) is 20.6. The van der Waals surface area contributed by atoms with E-state index in [4.69, 9.17) is 27.2 Å². The molecule has 2 aromatic carbocycles. The van der Waals surface area contributed by atoms with Crippen LogP contribution in [0.5, 0.6) is 0 Å². The van der Waals surface area contributed by atoms with E-state index in [0.29, 0.717) is 17.9 Å². The number of hydrogen-bond acceptors (Lipinski definition) is 6. The van der Waals surface area contributed by atoms with Crippen LogP contribution in [0.25, 0.3) is 33.2 Å². The Hall–Kier alpha value is -3.46. The van der Waals surface area contributed by atoms with Crippen LogP contribution in [0.2, 0.25) is 5.02 Å². The standard InChI is InChI=1S/C30H32ClN7O/c31-23-3-1-2-20(16-23)18-37-11-10-21-17-22(4-9-26(21)37)28-27-29(32)33-19-34-30(27)38(35-28)25-7-5-24(6-8-25)36-12-14-39-15-13-36/h1-4,9-11,16-17,19,24-25H,5-8,12-15,18H2,(H2,32,33,34). The van der Waals surface area contributed by atoms with Crippen LogP contribution in [-0.4, -0.2) is 61.6 Å². The van der Waals surface area contributed by atoms with Crippen molar-refractivity contribution in [3.8, 4) is 11.3 Å². The van der Waals surface area contributed by atoms with Gasteiger partial charge in [-0.3, -0.25) is 4.90 Å². The highest BCUT2D eigenvalue weighted by Gasteiger charge is 2.30. The maximum atomic E-state index is 6.43. The molecule has 39 heavy (non-hydrogen) atoms. The van der Waals surface area contributed by atoms with Gasteiger partial charge in [0.1, 0.15) is 17.8 Å². The summed E-state index contributed by atoms with van der Waals surface area (Å²) in [6.45, 7) is 4.53. The molecule has 8 nitrogen and oxygen atoms in total.